The molecule has 4 heterocycles. The van der Waals surface area contributed by atoms with Crippen molar-refractivity contribution in [3.8, 4) is 10.6 Å². The highest BCUT2D eigenvalue weighted by Crippen LogP contribution is 2.31. The van der Waals surface area contributed by atoms with Gasteiger partial charge in [0, 0.05) is 23.7 Å². The number of nitrogens with zero attached hydrogens (tertiary/aromatic N) is 6. The number of nitrogens with one attached hydrogen (secondary N) is 1. The summed E-state index contributed by atoms with van der Waals surface area (Å²) in [5.41, 5.74) is 2.73. The first-order chi connectivity index (χ1) is 15.9. The van der Waals surface area contributed by atoms with Crippen LogP contribution in [0, 0.1) is 6.92 Å². The molecule has 0 aliphatic heterocycles. The van der Waals surface area contributed by atoms with Gasteiger partial charge in [-0.2, -0.15) is 10.2 Å². The van der Waals surface area contributed by atoms with Gasteiger partial charge in [-0.05, 0) is 52.1 Å². The predicted molar refractivity (Wildman–Crippen MR) is 134 cm³/mol. The fraction of sp³-hybridized carbons (Fsp3) is 0.417. The van der Waals surface area contributed by atoms with Gasteiger partial charge in [0.05, 0.1) is 46.1 Å². The van der Waals surface area contributed by atoms with E-state index < -0.39 is 0 Å². The highest BCUT2D eigenvalue weighted by Gasteiger charge is 2.19. The molecular weight excluding hydrogens is 434 g/mol. The molecule has 0 bridgehead atoms. The Hall–Kier alpha value is -3.04. The number of thiophene rings is 1. The van der Waals surface area contributed by atoms with Crippen molar-refractivity contribution in [3.05, 3.63) is 47.2 Å². The number of pyridine rings is 1. The third kappa shape index (κ3) is 4.99. The van der Waals surface area contributed by atoms with Crippen LogP contribution in [-0.4, -0.2) is 55.0 Å². The van der Waals surface area contributed by atoms with Crippen LogP contribution in [0.5, 0.6) is 0 Å². The second kappa shape index (κ2) is 9.84. The molecule has 1 N–H and O–H groups in total. The molecule has 8 nitrogen and oxygen atoms in total. The minimum absolute atomic E-state index is 0.135. The standard InChI is InChI=1S/C24H31N7OS/c1-6-29(7-2)10-11-30-15-18(13-25-30)27-24(32)19-12-21(22-9-8-17(5)33-22)28-23-20(19)14-26-31(23)16(3)4/h8-9,12-16H,6-7,10-11H2,1-5H3,(H,27,32). The number of fused-ring (bicyclic) bond motifs is 1. The lowest BCUT2D eigenvalue weighted by Crippen LogP contribution is -2.27. The molecule has 0 fully saturated rings. The first-order valence-electron chi connectivity index (χ1n) is 11.4. The number of aromatic nitrogens is 5. The van der Waals surface area contributed by atoms with Crippen molar-refractivity contribution < 1.29 is 4.79 Å². The summed E-state index contributed by atoms with van der Waals surface area (Å²) in [6.45, 7) is 14.2. The summed E-state index contributed by atoms with van der Waals surface area (Å²) in [5, 5.41) is 12.7. The molecule has 0 saturated heterocycles. The first-order valence-corrected chi connectivity index (χ1v) is 12.2. The maximum atomic E-state index is 13.3. The summed E-state index contributed by atoms with van der Waals surface area (Å²) in [5.74, 6) is -0.191. The van der Waals surface area contributed by atoms with Gasteiger partial charge in [0.2, 0.25) is 0 Å². The Balaban J connectivity index is 1.63. The maximum absolute atomic E-state index is 13.3. The van der Waals surface area contributed by atoms with E-state index in [0.717, 1.165) is 42.1 Å². The lowest BCUT2D eigenvalue weighted by atomic mass is 10.1. The Morgan fingerprint density at radius 1 is 1.18 bits per heavy atom. The number of carbonyl (C=O) groups excluding carboxylic acids is 1. The minimum atomic E-state index is -0.191. The van der Waals surface area contributed by atoms with Gasteiger partial charge in [-0.15, -0.1) is 11.3 Å². The van der Waals surface area contributed by atoms with Gasteiger partial charge in [0.15, 0.2) is 5.65 Å². The SMILES string of the molecule is CCN(CC)CCn1cc(NC(=O)c2cc(-c3ccc(C)s3)nc3c2cnn3C(C)C)cn1. The zero-order valence-corrected chi connectivity index (χ0v) is 20.7. The molecule has 0 spiro atoms. The van der Waals surface area contributed by atoms with Gasteiger partial charge >= 0.3 is 0 Å². The van der Waals surface area contributed by atoms with E-state index in [-0.39, 0.29) is 11.9 Å². The molecule has 33 heavy (non-hydrogen) atoms. The number of rotatable bonds is 9. The van der Waals surface area contributed by atoms with Crippen molar-refractivity contribution in [2.24, 2.45) is 0 Å². The molecule has 0 aliphatic rings. The molecule has 0 saturated carbocycles. The van der Waals surface area contributed by atoms with Gasteiger partial charge in [-0.3, -0.25) is 9.48 Å². The number of hydrogen-bond acceptors (Lipinski definition) is 6. The van der Waals surface area contributed by atoms with Crippen LogP contribution in [0.2, 0.25) is 0 Å². The van der Waals surface area contributed by atoms with E-state index in [1.54, 1.807) is 23.7 Å². The first kappa shape index (κ1) is 23.1. The average Bonchev–Trinajstić information content (AvgIpc) is 3.53. The van der Waals surface area contributed by atoms with Crippen molar-refractivity contribution in [2.45, 2.75) is 47.2 Å². The fourth-order valence-electron chi connectivity index (χ4n) is 3.81. The quantitative estimate of drug-likeness (QED) is 0.383. The highest BCUT2D eigenvalue weighted by atomic mass is 32.1. The van der Waals surface area contributed by atoms with Crippen LogP contribution in [0.3, 0.4) is 0 Å². The zero-order chi connectivity index (χ0) is 23.5. The summed E-state index contributed by atoms with van der Waals surface area (Å²) in [6.07, 6.45) is 5.30. The number of carbonyl (C=O) groups is 1. The van der Waals surface area contributed by atoms with Crippen molar-refractivity contribution in [1.82, 2.24) is 29.4 Å². The number of likely N-dealkylation sites (N-methyl/N-ethyl adjacent to an activating group) is 1. The summed E-state index contributed by atoms with van der Waals surface area (Å²) < 4.78 is 3.73. The molecule has 0 unspecified atom stereocenters. The van der Waals surface area contributed by atoms with Gasteiger partial charge in [-0.25, -0.2) is 9.67 Å². The van der Waals surface area contributed by atoms with E-state index in [2.05, 4.69) is 61.1 Å². The van der Waals surface area contributed by atoms with E-state index in [9.17, 15) is 4.79 Å². The third-order valence-electron chi connectivity index (χ3n) is 5.72. The Morgan fingerprint density at radius 3 is 2.64 bits per heavy atom. The Morgan fingerprint density at radius 2 is 1.97 bits per heavy atom. The second-order valence-electron chi connectivity index (χ2n) is 8.36. The number of hydrogen-bond donors (Lipinski definition) is 1. The van der Waals surface area contributed by atoms with E-state index in [1.807, 2.05) is 27.7 Å². The second-order valence-corrected chi connectivity index (χ2v) is 9.65. The normalized spacial score (nSPS) is 11.7. The van der Waals surface area contributed by atoms with Crippen LogP contribution in [0.25, 0.3) is 21.6 Å². The topological polar surface area (TPSA) is 80.9 Å². The number of anilines is 1. The summed E-state index contributed by atoms with van der Waals surface area (Å²) >= 11 is 1.66. The molecule has 174 valence electrons. The Kier molecular flexibility index (Phi) is 6.90. The van der Waals surface area contributed by atoms with Crippen LogP contribution in [-0.2, 0) is 6.54 Å². The Bertz CT molecular complexity index is 1250. The van der Waals surface area contributed by atoms with Crippen LogP contribution >= 0.6 is 11.3 Å². The van der Waals surface area contributed by atoms with Crippen LogP contribution in [0.15, 0.2) is 36.8 Å². The summed E-state index contributed by atoms with van der Waals surface area (Å²) in [4.78, 5) is 22.8. The van der Waals surface area contributed by atoms with Crippen LogP contribution in [0.4, 0.5) is 5.69 Å². The van der Waals surface area contributed by atoms with Gasteiger partial charge in [-0.1, -0.05) is 13.8 Å². The number of aryl methyl sites for hydroxylation is 1. The fourth-order valence-corrected chi connectivity index (χ4v) is 4.64. The predicted octanol–water partition coefficient (Wildman–Crippen LogP) is 4.84. The summed E-state index contributed by atoms with van der Waals surface area (Å²) in [7, 11) is 0. The molecule has 0 aromatic carbocycles. The average molecular weight is 466 g/mol. The largest absolute Gasteiger partial charge is 0.319 e. The van der Waals surface area contributed by atoms with E-state index >= 15 is 0 Å². The molecular formula is C24H31N7OS. The lowest BCUT2D eigenvalue weighted by Gasteiger charge is -2.17. The highest BCUT2D eigenvalue weighted by molar-refractivity contribution is 7.15. The minimum Gasteiger partial charge on any atom is -0.319 e. The third-order valence-corrected chi connectivity index (χ3v) is 6.75. The van der Waals surface area contributed by atoms with Gasteiger partial charge in [0.1, 0.15) is 0 Å². The smallest absolute Gasteiger partial charge is 0.256 e. The van der Waals surface area contributed by atoms with E-state index in [4.69, 9.17) is 4.98 Å². The van der Waals surface area contributed by atoms with Gasteiger partial charge < -0.3 is 10.2 Å². The number of amides is 1. The molecule has 9 heteroatoms. The van der Waals surface area contributed by atoms with Gasteiger partial charge in [0.25, 0.3) is 5.91 Å². The maximum Gasteiger partial charge on any atom is 0.256 e. The summed E-state index contributed by atoms with van der Waals surface area (Å²) in [6, 6.07) is 6.11. The molecule has 4 aromatic heterocycles. The molecule has 0 atom stereocenters. The molecule has 0 radical (unpaired) electrons. The van der Waals surface area contributed by atoms with Crippen molar-refractivity contribution in [1.29, 1.82) is 0 Å². The molecule has 4 rings (SSSR count). The van der Waals surface area contributed by atoms with E-state index in [0.29, 0.717) is 16.9 Å². The molecule has 1 amide bonds. The van der Waals surface area contributed by atoms with Crippen molar-refractivity contribution >= 4 is 34.0 Å². The van der Waals surface area contributed by atoms with Crippen LogP contribution < -0.4 is 5.32 Å². The van der Waals surface area contributed by atoms with E-state index in [1.165, 1.54) is 4.88 Å². The lowest BCUT2D eigenvalue weighted by molar-refractivity contribution is 0.102. The monoisotopic (exact) mass is 465 g/mol. The molecule has 4 aromatic rings. The van der Waals surface area contributed by atoms with Crippen LogP contribution in [0.1, 0.15) is 49.0 Å². The Labute approximate surface area is 198 Å². The zero-order valence-electron chi connectivity index (χ0n) is 19.9. The van der Waals surface area contributed by atoms with Crippen molar-refractivity contribution in [3.63, 3.8) is 0 Å². The molecule has 0 aliphatic carbocycles. The van der Waals surface area contributed by atoms with Crippen molar-refractivity contribution in [2.75, 3.05) is 25.0 Å².